The molecule has 1 unspecified atom stereocenters. The van der Waals surface area contributed by atoms with Crippen LogP contribution in [0.5, 0.6) is 5.75 Å². The van der Waals surface area contributed by atoms with Crippen LogP contribution in [-0.2, 0) is 6.42 Å². The van der Waals surface area contributed by atoms with E-state index in [9.17, 15) is 9.90 Å². The van der Waals surface area contributed by atoms with Gasteiger partial charge in [0, 0.05) is 13.1 Å². The van der Waals surface area contributed by atoms with E-state index in [1.54, 1.807) is 12.1 Å². The Morgan fingerprint density at radius 3 is 2.71 bits per heavy atom. The van der Waals surface area contributed by atoms with Gasteiger partial charge in [0.1, 0.15) is 11.6 Å². The maximum atomic E-state index is 11.9. The highest BCUT2D eigenvalue weighted by Gasteiger charge is 2.13. The minimum atomic E-state index is -0.230. The minimum Gasteiger partial charge on any atom is -0.508 e. The van der Waals surface area contributed by atoms with Crippen LogP contribution < -0.4 is 10.5 Å². The van der Waals surface area contributed by atoms with Gasteiger partial charge in [-0.3, -0.25) is 4.79 Å². The third kappa shape index (κ3) is 3.37. The quantitative estimate of drug-likeness (QED) is 0.753. The number of hydrogen-bond donors (Lipinski definition) is 2. The summed E-state index contributed by atoms with van der Waals surface area (Å²) in [6.07, 6.45) is 3.22. The van der Waals surface area contributed by atoms with Crippen molar-refractivity contribution in [2.45, 2.75) is 25.8 Å². The molecule has 3 aromatic rings. The third-order valence-corrected chi connectivity index (χ3v) is 4.28. The molecule has 0 aliphatic carbocycles. The lowest BCUT2D eigenvalue weighted by molar-refractivity contribution is 0.475. The second kappa shape index (κ2) is 6.70. The zero-order valence-corrected chi connectivity index (χ0v) is 13.7. The van der Waals surface area contributed by atoms with Gasteiger partial charge in [-0.2, -0.15) is 0 Å². The van der Waals surface area contributed by atoms with Crippen molar-refractivity contribution in [3.63, 3.8) is 0 Å². The topological polar surface area (TPSA) is 82.1 Å². The van der Waals surface area contributed by atoms with E-state index in [0.717, 1.165) is 18.7 Å². The summed E-state index contributed by atoms with van der Waals surface area (Å²) in [6, 6.07) is 11.2. The Morgan fingerprint density at radius 1 is 1.21 bits per heavy atom. The standard InChI is InChI=1S/C18H20N4O2/c1-12(3-4-13-5-7-14(23)8-6-13)22(2)16-10-9-15-17(21-16)18(24)20-11-19-15/h5-12,23H,3-4H2,1-2H3,(H,19,20,24). The normalized spacial score (nSPS) is 12.2. The Bertz CT molecular complexity index is 889. The van der Waals surface area contributed by atoms with Crippen molar-refractivity contribution in [1.82, 2.24) is 15.0 Å². The van der Waals surface area contributed by atoms with Crippen molar-refractivity contribution in [2.75, 3.05) is 11.9 Å². The van der Waals surface area contributed by atoms with Crippen LogP contribution >= 0.6 is 0 Å². The zero-order chi connectivity index (χ0) is 17.1. The van der Waals surface area contributed by atoms with Crippen molar-refractivity contribution >= 4 is 16.9 Å². The second-order valence-corrected chi connectivity index (χ2v) is 5.93. The molecule has 0 fully saturated rings. The number of phenols is 1. The lowest BCUT2D eigenvalue weighted by Crippen LogP contribution is -2.30. The van der Waals surface area contributed by atoms with Gasteiger partial charge in [0.15, 0.2) is 5.52 Å². The molecule has 0 saturated carbocycles. The predicted molar refractivity (Wildman–Crippen MR) is 94.5 cm³/mol. The van der Waals surface area contributed by atoms with Crippen LogP contribution in [0.1, 0.15) is 18.9 Å². The van der Waals surface area contributed by atoms with Gasteiger partial charge in [0.25, 0.3) is 5.56 Å². The molecule has 1 aromatic carbocycles. The van der Waals surface area contributed by atoms with Crippen LogP contribution in [0, 0.1) is 0 Å². The van der Waals surface area contributed by atoms with Crippen molar-refractivity contribution in [2.24, 2.45) is 0 Å². The fourth-order valence-electron chi connectivity index (χ4n) is 2.60. The number of nitrogens with one attached hydrogen (secondary N) is 1. The average Bonchev–Trinajstić information content (AvgIpc) is 2.60. The van der Waals surface area contributed by atoms with Crippen LogP contribution in [0.2, 0.25) is 0 Å². The zero-order valence-electron chi connectivity index (χ0n) is 13.7. The molecule has 3 rings (SSSR count). The first-order chi connectivity index (χ1) is 11.5. The van der Waals surface area contributed by atoms with Gasteiger partial charge in [-0.25, -0.2) is 9.97 Å². The molecule has 0 spiro atoms. The van der Waals surface area contributed by atoms with E-state index in [2.05, 4.69) is 26.8 Å². The molecule has 24 heavy (non-hydrogen) atoms. The molecule has 1 atom stereocenters. The number of phenolic OH excluding ortho intramolecular Hbond substituents is 1. The van der Waals surface area contributed by atoms with Gasteiger partial charge in [-0.05, 0) is 49.6 Å². The number of fused-ring (bicyclic) bond motifs is 1. The van der Waals surface area contributed by atoms with Gasteiger partial charge < -0.3 is 15.0 Å². The number of nitrogens with zero attached hydrogens (tertiary/aromatic N) is 3. The molecule has 0 aliphatic rings. The van der Waals surface area contributed by atoms with Gasteiger partial charge in [-0.1, -0.05) is 12.1 Å². The monoisotopic (exact) mass is 324 g/mol. The number of benzene rings is 1. The number of aromatic amines is 1. The van der Waals surface area contributed by atoms with Gasteiger partial charge in [0.2, 0.25) is 0 Å². The maximum Gasteiger partial charge on any atom is 0.277 e. The number of pyridine rings is 1. The number of aryl methyl sites for hydroxylation is 1. The second-order valence-electron chi connectivity index (χ2n) is 5.93. The van der Waals surface area contributed by atoms with E-state index in [4.69, 9.17) is 0 Å². The molecular weight excluding hydrogens is 304 g/mol. The fourth-order valence-corrected chi connectivity index (χ4v) is 2.60. The Balaban J connectivity index is 1.73. The predicted octanol–water partition coefficient (Wildman–Crippen LogP) is 2.48. The van der Waals surface area contributed by atoms with E-state index >= 15 is 0 Å². The maximum absolute atomic E-state index is 11.9. The molecule has 2 aromatic heterocycles. The third-order valence-electron chi connectivity index (χ3n) is 4.28. The molecule has 0 aliphatic heterocycles. The Labute approximate surface area is 139 Å². The molecule has 6 nitrogen and oxygen atoms in total. The summed E-state index contributed by atoms with van der Waals surface area (Å²) in [5.41, 5.74) is 1.90. The van der Waals surface area contributed by atoms with Gasteiger partial charge in [-0.15, -0.1) is 0 Å². The molecule has 2 N–H and O–H groups in total. The first-order valence-corrected chi connectivity index (χ1v) is 7.90. The Hall–Kier alpha value is -2.89. The van der Waals surface area contributed by atoms with Crippen LogP contribution in [0.15, 0.2) is 47.5 Å². The van der Waals surface area contributed by atoms with Crippen LogP contribution in [-0.4, -0.2) is 33.1 Å². The highest BCUT2D eigenvalue weighted by molar-refractivity contribution is 5.74. The van der Waals surface area contributed by atoms with E-state index in [1.807, 2.05) is 31.3 Å². The van der Waals surface area contributed by atoms with E-state index in [0.29, 0.717) is 11.0 Å². The molecule has 0 saturated heterocycles. The number of rotatable bonds is 5. The smallest absolute Gasteiger partial charge is 0.277 e. The molecule has 124 valence electrons. The van der Waals surface area contributed by atoms with Gasteiger partial charge in [0.05, 0.1) is 11.8 Å². The summed E-state index contributed by atoms with van der Waals surface area (Å²) in [7, 11) is 1.97. The number of aromatic hydroxyl groups is 1. The van der Waals surface area contributed by atoms with Gasteiger partial charge >= 0.3 is 0 Å². The summed E-state index contributed by atoms with van der Waals surface area (Å²) in [5, 5.41) is 9.33. The van der Waals surface area contributed by atoms with Crippen molar-refractivity contribution < 1.29 is 5.11 Å². The van der Waals surface area contributed by atoms with E-state index in [1.165, 1.54) is 11.9 Å². The molecular formula is C18H20N4O2. The first-order valence-electron chi connectivity index (χ1n) is 7.90. The van der Waals surface area contributed by atoms with Crippen LogP contribution in [0.3, 0.4) is 0 Å². The average molecular weight is 324 g/mol. The largest absolute Gasteiger partial charge is 0.508 e. The highest BCUT2D eigenvalue weighted by atomic mass is 16.3. The lowest BCUT2D eigenvalue weighted by Gasteiger charge is -2.26. The lowest BCUT2D eigenvalue weighted by atomic mass is 10.1. The molecule has 6 heteroatoms. The summed E-state index contributed by atoms with van der Waals surface area (Å²) in [6.45, 7) is 2.12. The summed E-state index contributed by atoms with van der Waals surface area (Å²) >= 11 is 0. The molecule has 0 amide bonds. The van der Waals surface area contributed by atoms with E-state index < -0.39 is 0 Å². The molecule has 0 radical (unpaired) electrons. The first kappa shape index (κ1) is 16.0. The Morgan fingerprint density at radius 2 is 1.96 bits per heavy atom. The van der Waals surface area contributed by atoms with Crippen LogP contribution in [0.25, 0.3) is 11.0 Å². The highest BCUT2D eigenvalue weighted by Crippen LogP contribution is 2.18. The minimum absolute atomic E-state index is 0.230. The van der Waals surface area contributed by atoms with Crippen molar-refractivity contribution in [1.29, 1.82) is 0 Å². The SMILES string of the molecule is CC(CCc1ccc(O)cc1)N(C)c1ccc2nc[nH]c(=O)c2n1. The molecule has 0 bridgehead atoms. The molecule has 2 heterocycles. The Kier molecular flexibility index (Phi) is 4.46. The summed E-state index contributed by atoms with van der Waals surface area (Å²) in [4.78, 5) is 25.0. The van der Waals surface area contributed by atoms with E-state index in [-0.39, 0.29) is 17.4 Å². The van der Waals surface area contributed by atoms with Crippen LogP contribution in [0.4, 0.5) is 5.82 Å². The summed E-state index contributed by atoms with van der Waals surface area (Å²) in [5.74, 6) is 1.03. The number of anilines is 1. The number of aromatic nitrogens is 3. The number of hydrogen-bond acceptors (Lipinski definition) is 5. The van der Waals surface area contributed by atoms with Crippen molar-refractivity contribution in [3.8, 4) is 5.75 Å². The number of H-pyrrole nitrogens is 1. The van der Waals surface area contributed by atoms with Crippen molar-refractivity contribution in [3.05, 3.63) is 58.6 Å². The summed E-state index contributed by atoms with van der Waals surface area (Å²) < 4.78 is 0. The fraction of sp³-hybridized carbons (Fsp3) is 0.278.